The molecule has 0 spiro atoms. The molecule has 0 saturated carbocycles. The lowest BCUT2D eigenvalue weighted by Crippen LogP contribution is -2.35. The molecule has 4 nitrogen and oxygen atoms in total. The minimum Gasteiger partial charge on any atom is -0.508 e. The molecule has 1 fully saturated rings. The number of phenols is 1. The lowest BCUT2D eigenvalue weighted by atomic mass is 9.95. The highest BCUT2D eigenvalue weighted by molar-refractivity contribution is 8.14. The Balaban J connectivity index is 1.80. The number of hydrogen-bond acceptors (Lipinski definition) is 5. The fourth-order valence-electron chi connectivity index (χ4n) is 3.42. The van der Waals surface area contributed by atoms with E-state index < -0.39 is 0 Å². The Morgan fingerprint density at radius 2 is 2.17 bits per heavy atom. The van der Waals surface area contributed by atoms with Crippen LogP contribution in [0.15, 0.2) is 53.7 Å². The van der Waals surface area contributed by atoms with Crippen molar-refractivity contribution in [3.05, 3.63) is 59.9 Å². The van der Waals surface area contributed by atoms with Crippen molar-refractivity contribution in [3.8, 4) is 5.75 Å². The zero-order valence-corrected chi connectivity index (χ0v) is 13.8. The van der Waals surface area contributed by atoms with Crippen LogP contribution in [0.3, 0.4) is 0 Å². The zero-order valence-electron chi connectivity index (χ0n) is 13.0. The number of aromatic hydroxyl groups is 1. The molecule has 2 aliphatic rings. The number of aromatic nitrogens is 1. The smallest absolute Gasteiger partial charge is 0.160 e. The first-order valence-electron chi connectivity index (χ1n) is 7.96. The number of hydrogen-bond donors (Lipinski definition) is 1. The number of rotatable bonds is 3. The first-order valence-corrected chi connectivity index (χ1v) is 8.95. The van der Waals surface area contributed by atoms with Crippen molar-refractivity contribution in [1.29, 1.82) is 0 Å². The van der Waals surface area contributed by atoms with Gasteiger partial charge in [-0.2, -0.15) is 0 Å². The van der Waals surface area contributed by atoms with E-state index in [-0.39, 0.29) is 12.1 Å². The topological polar surface area (TPSA) is 48.7 Å². The SMILES string of the molecule is CC[C@H]1CSC2=N[C@@H](c3ccccn3)[C@@H](c3cccc(O)c3)N21. The van der Waals surface area contributed by atoms with Crippen molar-refractivity contribution in [2.24, 2.45) is 4.99 Å². The molecule has 1 N–H and O–H groups in total. The zero-order chi connectivity index (χ0) is 15.8. The molecule has 2 aliphatic heterocycles. The van der Waals surface area contributed by atoms with Crippen LogP contribution >= 0.6 is 11.8 Å². The van der Waals surface area contributed by atoms with Gasteiger partial charge < -0.3 is 10.0 Å². The Bertz CT molecular complexity index is 734. The molecule has 3 heterocycles. The minimum atomic E-state index is -0.0187. The molecular formula is C18H19N3OS. The number of benzene rings is 1. The van der Waals surface area contributed by atoms with Gasteiger partial charge in [-0.1, -0.05) is 36.9 Å². The molecule has 0 aliphatic carbocycles. The second-order valence-corrected chi connectivity index (χ2v) is 6.92. The lowest BCUT2D eigenvalue weighted by molar-refractivity contribution is 0.255. The van der Waals surface area contributed by atoms with Gasteiger partial charge in [0, 0.05) is 18.0 Å². The first kappa shape index (κ1) is 14.6. The summed E-state index contributed by atoms with van der Waals surface area (Å²) < 4.78 is 0. The van der Waals surface area contributed by atoms with E-state index in [0.29, 0.717) is 11.8 Å². The summed E-state index contributed by atoms with van der Waals surface area (Å²) in [5.74, 6) is 1.38. The van der Waals surface area contributed by atoms with Gasteiger partial charge in [0.15, 0.2) is 5.17 Å². The van der Waals surface area contributed by atoms with Crippen molar-refractivity contribution in [2.75, 3.05) is 5.75 Å². The molecule has 3 atom stereocenters. The molecule has 0 amide bonds. The Morgan fingerprint density at radius 3 is 2.91 bits per heavy atom. The van der Waals surface area contributed by atoms with Gasteiger partial charge in [0.2, 0.25) is 0 Å². The molecule has 0 radical (unpaired) electrons. The summed E-state index contributed by atoms with van der Waals surface area (Å²) in [6.07, 6.45) is 2.92. The number of pyridine rings is 1. The first-order chi connectivity index (χ1) is 11.3. The van der Waals surface area contributed by atoms with Crippen molar-refractivity contribution in [3.63, 3.8) is 0 Å². The van der Waals surface area contributed by atoms with Gasteiger partial charge >= 0.3 is 0 Å². The number of aliphatic imine (C=N–C) groups is 1. The molecule has 2 aromatic rings. The Hall–Kier alpha value is -2.01. The number of fused-ring (bicyclic) bond motifs is 1. The Labute approximate surface area is 140 Å². The second-order valence-electron chi connectivity index (χ2n) is 5.93. The fourth-order valence-corrected chi connectivity index (χ4v) is 4.76. The number of thioether (sulfide) groups is 1. The standard InChI is InChI=1S/C18H19N3OS/c1-2-13-11-23-18-20-16(15-8-3-4-9-19-15)17(21(13)18)12-6-5-7-14(22)10-12/h3-10,13,16-17,22H,2,11H2,1H3/t13-,16-,17+/m0/s1. The van der Waals surface area contributed by atoms with Gasteiger partial charge in [-0.3, -0.25) is 9.98 Å². The summed E-state index contributed by atoms with van der Waals surface area (Å²) in [5.41, 5.74) is 2.08. The summed E-state index contributed by atoms with van der Waals surface area (Å²) in [6.45, 7) is 2.22. The van der Waals surface area contributed by atoms with Gasteiger partial charge in [-0.05, 0) is 36.2 Å². The van der Waals surface area contributed by atoms with Gasteiger partial charge in [0.05, 0.1) is 11.7 Å². The quantitative estimate of drug-likeness (QED) is 0.933. The number of phenolic OH excluding ortho intramolecular Hbond substituents is 1. The largest absolute Gasteiger partial charge is 0.508 e. The van der Waals surface area contributed by atoms with E-state index in [1.54, 1.807) is 6.07 Å². The third kappa shape index (κ3) is 2.49. The highest BCUT2D eigenvalue weighted by Gasteiger charge is 2.45. The Kier molecular flexibility index (Phi) is 3.73. The summed E-state index contributed by atoms with van der Waals surface area (Å²) in [6, 6.07) is 14.1. The molecule has 4 rings (SSSR count). The molecule has 1 saturated heterocycles. The predicted molar refractivity (Wildman–Crippen MR) is 93.6 cm³/mol. The molecule has 23 heavy (non-hydrogen) atoms. The van der Waals surface area contributed by atoms with Crippen molar-refractivity contribution < 1.29 is 5.11 Å². The maximum atomic E-state index is 9.92. The molecular weight excluding hydrogens is 306 g/mol. The van der Waals surface area contributed by atoms with Crippen molar-refractivity contribution >= 4 is 16.9 Å². The third-order valence-electron chi connectivity index (χ3n) is 4.54. The number of amidine groups is 1. The maximum absolute atomic E-state index is 9.92. The molecule has 1 aromatic heterocycles. The number of nitrogens with zero attached hydrogens (tertiary/aromatic N) is 3. The monoisotopic (exact) mass is 325 g/mol. The van der Waals surface area contributed by atoms with Gasteiger partial charge in [0.25, 0.3) is 0 Å². The average Bonchev–Trinajstić information content (AvgIpc) is 3.14. The van der Waals surface area contributed by atoms with E-state index in [1.807, 2.05) is 48.3 Å². The van der Waals surface area contributed by atoms with Gasteiger partial charge in [0.1, 0.15) is 11.8 Å². The van der Waals surface area contributed by atoms with Crippen LogP contribution in [0.5, 0.6) is 5.75 Å². The van der Waals surface area contributed by atoms with Crippen LogP contribution in [0, 0.1) is 0 Å². The minimum absolute atomic E-state index is 0.0187. The van der Waals surface area contributed by atoms with Crippen molar-refractivity contribution in [2.45, 2.75) is 31.5 Å². The second kappa shape index (κ2) is 5.89. The van der Waals surface area contributed by atoms with E-state index in [4.69, 9.17) is 4.99 Å². The maximum Gasteiger partial charge on any atom is 0.160 e. The van der Waals surface area contributed by atoms with Crippen LogP contribution < -0.4 is 0 Å². The normalized spacial score (nSPS) is 26.2. The van der Waals surface area contributed by atoms with Crippen LogP contribution in [-0.4, -0.2) is 32.0 Å². The highest BCUT2D eigenvalue weighted by Crippen LogP contribution is 2.48. The van der Waals surface area contributed by atoms with E-state index in [2.05, 4.69) is 22.9 Å². The predicted octanol–water partition coefficient (Wildman–Crippen LogP) is 3.77. The lowest BCUT2D eigenvalue weighted by Gasteiger charge is -2.31. The van der Waals surface area contributed by atoms with E-state index in [1.165, 1.54) is 0 Å². The van der Waals surface area contributed by atoms with E-state index >= 15 is 0 Å². The van der Waals surface area contributed by atoms with Crippen LogP contribution in [0.1, 0.15) is 36.7 Å². The highest BCUT2D eigenvalue weighted by atomic mass is 32.2. The molecule has 118 valence electrons. The summed E-state index contributed by atoms with van der Waals surface area (Å²) in [4.78, 5) is 11.9. The molecule has 0 unspecified atom stereocenters. The third-order valence-corrected chi connectivity index (χ3v) is 5.67. The van der Waals surface area contributed by atoms with Crippen LogP contribution in [0.2, 0.25) is 0 Å². The summed E-state index contributed by atoms with van der Waals surface area (Å²) in [7, 11) is 0. The molecule has 1 aromatic carbocycles. The summed E-state index contributed by atoms with van der Waals surface area (Å²) in [5, 5.41) is 11.0. The Morgan fingerprint density at radius 1 is 1.26 bits per heavy atom. The average molecular weight is 325 g/mol. The fraction of sp³-hybridized carbons (Fsp3) is 0.333. The van der Waals surface area contributed by atoms with Gasteiger partial charge in [-0.25, -0.2) is 0 Å². The summed E-state index contributed by atoms with van der Waals surface area (Å²) >= 11 is 1.83. The van der Waals surface area contributed by atoms with Crippen molar-refractivity contribution in [1.82, 2.24) is 9.88 Å². The van der Waals surface area contributed by atoms with E-state index in [0.717, 1.165) is 28.6 Å². The van der Waals surface area contributed by atoms with Gasteiger partial charge in [-0.15, -0.1) is 0 Å². The van der Waals surface area contributed by atoms with Crippen LogP contribution in [0.25, 0.3) is 0 Å². The van der Waals surface area contributed by atoms with E-state index in [9.17, 15) is 5.11 Å². The van der Waals surface area contributed by atoms with Crippen LogP contribution in [-0.2, 0) is 0 Å². The molecule has 0 bridgehead atoms. The molecule has 5 heteroatoms. The van der Waals surface area contributed by atoms with Crippen LogP contribution in [0.4, 0.5) is 0 Å².